The Balaban J connectivity index is 2.33. The second-order valence-electron chi connectivity index (χ2n) is 5.60. The number of hydrogen-bond donors (Lipinski definition) is 1. The summed E-state index contributed by atoms with van der Waals surface area (Å²) >= 11 is 0. The Morgan fingerprint density at radius 3 is 2.33 bits per heavy atom. The molecule has 1 rings (SSSR count). The van der Waals surface area contributed by atoms with Crippen molar-refractivity contribution in [2.45, 2.75) is 6.92 Å². The zero-order chi connectivity index (χ0) is 17.9. The first-order valence-electron chi connectivity index (χ1n) is 7.86. The Kier molecular flexibility index (Phi) is 8.64. The van der Waals surface area contributed by atoms with Crippen molar-refractivity contribution < 1.29 is 19.1 Å². The van der Waals surface area contributed by atoms with Crippen LogP contribution >= 0.6 is 0 Å². The highest BCUT2D eigenvalue weighted by Gasteiger charge is 2.10. The molecule has 1 aromatic rings. The Labute approximate surface area is 143 Å². The van der Waals surface area contributed by atoms with Crippen LogP contribution in [0.2, 0.25) is 0 Å². The molecule has 0 radical (unpaired) electrons. The fourth-order valence-corrected chi connectivity index (χ4v) is 2.01. The molecule has 0 atom stereocenters. The number of ether oxygens (including phenoxy) is 2. The van der Waals surface area contributed by atoms with E-state index in [1.165, 1.54) is 6.92 Å². The van der Waals surface area contributed by atoms with Gasteiger partial charge >= 0.3 is 0 Å². The number of para-hydroxylation sites is 2. The van der Waals surface area contributed by atoms with E-state index in [4.69, 9.17) is 9.47 Å². The van der Waals surface area contributed by atoms with E-state index in [9.17, 15) is 9.59 Å². The summed E-state index contributed by atoms with van der Waals surface area (Å²) in [4.78, 5) is 27.1. The van der Waals surface area contributed by atoms with Crippen LogP contribution in [0, 0.1) is 0 Å². The van der Waals surface area contributed by atoms with E-state index in [1.54, 1.807) is 24.1 Å². The maximum Gasteiger partial charge on any atom is 0.258 e. The lowest BCUT2D eigenvalue weighted by Gasteiger charge is -2.23. The lowest BCUT2D eigenvalue weighted by Crippen LogP contribution is -2.41. The number of benzene rings is 1. The smallest absolute Gasteiger partial charge is 0.258 e. The fourth-order valence-electron chi connectivity index (χ4n) is 2.01. The number of carbonyl (C=O) groups excluding carboxylic acids is 2. The summed E-state index contributed by atoms with van der Waals surface area (Å²) in [5.41, 5.74) is 0. The molecule has 0 fully saturated rings. The van der Waals surface area contributed by atoms with E-state index in [1.807, 2.05) is 31.1 Å². The van der Waals surface area contributed by atoms with Crippen LogP contribution in [-0.2, 0) is 9.59 Å². The highest BCUT2D eigenvalue weighted by atomic mass is 16.5. The molecular formula is C17H27N3O4. The highest BCUT2D eigenvalue weighted by molar-refractivity contribution is 5.77. The number of nitrogens with one attached hydrogen (secondary N) is 1. The molecule has 0 aliphatic rings. The van der Waals surface area contributed by atoms with E-state index in [-0.39, 0.29) is 18.4 Å². The first kappa shape index (κ1) is 19.8. The maximum absolute atomic E-state index is 11.8. The Morgan fingerprint density at radius 2 is 1.75 bits per heavy atom. The molecule has 24 heavy (non-hydrogen) atoms. The van der Waals surface area contributed by atoms with Crippen molar-refractivity contribution in [2.24, 2.45) is 0 Å². The molecule has 0 aliphatic carbocycles. The van der Waals surface area contributed by atoms with E-state index in [0.29, 0.717) is 31.1 Å². The maximum atomic E-state index is 11.8. The Hall–Kier alpha value is -2.28. The van der Waals surface area contributed by atoms with E-state index < -0.39 is 0 Å². The fraction of sp³-hybridized carbons (Fsp3) is 0.529. The van der Waals surface area contributed by atoms with E-state index >= 15 is 0 Å². The Bertz CT molecular complexity index is 534. The van der Waals surface area contributed by atoms with Gasteiger partial charge in [-0.2, -0.15) is 0 Å². The van der Waals surface area contributed by atoms with Crippen LogP contribution < -0.4 is 14.8 Å². The van der Waals surface area contributed by atoms with Crippen molar-refractivity contribution in [3.05, 3.63) is 24.3 Å². The van der Waals surface area contributed by atoms with Gasteiger partial charge in [-0.15, -0.1) is 0 Å². The summed E-state index contributed by atoms with van der Waals surface area (Å²) in [5.74, 6) is 0.858. The lowest BCUT2D eigenvalue weighted by atomic mass is 10.3. The van der Waals surface area contributed by atoms with Crippen LogP contribution in [0.1, 0.15) is 6.92 Å². The van der Waals surface area contributed by atoms with Crippen molar-refractivity contribution >= 4 is 11.8 Å². The monoisotopic (exact) mass is 337 g/mol. The molecular weight excluding hydrogens is 310 g/mol. The number of methoxy groups -OCH3 is 1. The van der Waals surface area contributed by atoms with Gasteiger partial charge in [0.05, 0.1) is 7.11 Å². The van der Waals surface area contributed by atoms with Crippen molar-refractivity contribution in [3.8, 4) is 11.5 Å². The number of nitrogens with zero attached hydrogens (tertiary/aromatic N) is 2. The molecule has 0 saturated carbocycles. The highest BCUT2D eigenvalue weighted by Crippen LogP contribution is 2.25. The second-order valence-corrected chi connectivity index (χ2v) is 5.60. The molecule has 7 nitrogen and oxygen atoms in total. The van der Waals surface area contributed by atoms with Crippen LogP contribution in [-0.4, -0.2) is 75.6 Å². The molecule has 0 bridgehead atoms. The summed E-state index contributed by atoms with van der Waals surface area (Å²) in [5, 5.41) is 2.75. The summed E-state index contributed by atoms with van der Waals surface area (Å²) in [6, 6.07) is 7.15. The quantitative estimate of drug-likeness (QED) is 0.677. The van der Waals surface area contributed by atoms with Gasteiger partial charge in [-0.25, -0.2) is 0 Å². The molecule has 1 N–H and O–H groups in total. The molecule has 0 aromatic heterocycles. The van der Waals surface area contributed by atoms with Gasteiger partial charge in [-0.1, -0.05) is 12.1 Å². The predicted octanol–water partition coefficient (Wildman–Crippen LogP) is 0.600. The van der Waals surface area contributed by atoms with E-state index in [0.717, 1.165) is 6.54 Å². The van der Waals surface area contributed by atoms with E-state index in [2.05, 4.69) is 5.32 Å². The minimum atomic E-state index is -0.239. The minimum absolute atomic E-state index is 0.00336. The van der Waals surface area contributed by atoms with Gasteiger partial charge in [-0.3, -0.25) is 9.59 Å². The topological polar surface area (TPSA) is 71.1 Å². The molecule has 0 aliphatic heterocycles. The predicted molar refractivity (Wildman–Crippen MR) is 92.3 cm³/mol. The molecule has 2 amide bonds. The van der Waals surface area contributed by atoms with Gasteiger partial charge in [0.2, 0.25) is 5.91 Å². The second kappa shape index (κ2) is 10.5. The molecule has 7 heteroatoms. The standard InChI is InChI=1S/C17H27N3O4/c1-14(21)20(12-11-19(2)3)10-9-18-17(22)13-24-16-8-6-5-7-15(16)23-4/h5-8H,9-13H2,1-4H3,(H,18,22). The average molecular weight is 337 g/mol. The van der Waals surface area contributed by atoms with Crippen LogP contribution in [0.15, 0.2) is 24.3 Å². The van der Waals surface area contributed by atoms with Gasteiger partial charge in [0.15, 0.2) is 18.1 Å². The first-order chi connectivity index (χ1) is 11.4. The molecule has 0 saturated heterocycles. The Morgan fingerprint density at radius 1 is 1.08 bits per heavy atom. The minimum Gasteiger partial charge on any atom is -0.493 e. The summed E-state index contributed by atoms with van der Waals surface area (Å²) in [7, 11) is 5.46. The first-order valence-corrected chi connectivity index (χ1v) is 7.86. The zero-order valence-electron chi connectivity index (χ0n) is 14.9. The van der Waals surface area contributed by atoms with Gasteiger partial charge < -0.3 is 24.6 Å². The van der Waals surface area contributed by atoms with Gasteiger partial charge in [0, 0.05) is 33.1 Å². The lowest BCUT2D eigenvalue weighted by molar-refractivity contribution is -0.129. The van der Waals surface area contributed by atoms with Gasteiger partial charge in [-0.05, 0) is 26.2 Å². The SMILES string of the molecule is COc1ccccc1OCC(=O)NCCN(CCN(C)C)C(C)=O. The molecule has 0 spiro atoms. The number of amides is 2. The third-order valence-electron chi connectivity index (χ3n) is 3.39. The van der Waals surface area contributed by atoms with Crippen molar-refractivity contribution in [3.63, 3.8) is 0 Å². The van der Waals surface area contributed by atoms with Gasteiger partial charge in [0.25, 0.3) is 5.91 Å². The summed E-state index contributed by atoms with van der Waals surface area (Å²) in [6.07, 6.45) is 0. The number of rotatable bonds is 10. The third-order valence-corrected chi connectivity index (χ3v) is 3.39. The van der Waals surface area contributed by atoms with Crippen LogP contribution in [0.5, 0.6) is 11.5 Å². The van der Waals surface area contributed by atoms with Crippen molar-refractivity contribution in [1.29, 1.82) is 0 Å². The summed E-state index contributed by atoms with van der Waals surface area (Å²) in [6.45, 7) is 3.71. The number of likely N-dealkylation sites (N-methyl/N-ethyl adjacent to an activating group) is 1. The van der Waals surface area contributed by atoms with Crippen LogP contribution in [0.4, 0.5) is 0 Å². The molecule has 0 heterocycles. The number of carbonyl (C=O) groups is 2. The number of hydrogen-bond acceptors (Lipinski definition) is 5. The average Bonchev–Trinajstić information content (AvgIpc) is 2.55. The molecule has 134 valence electrons. The third kappa shape index (κ3) is 7.32. The molecule has 0 unspecified atom stereocenters. The largest absolute Gasteiger partial charge is 0.493 e. The normalized spacial score (nSPS) is 10.4. The van der Waals surface area contributed by atoms with Crippen molar-refractivity contribution in [1.82, 2.24) is 15.1 Å². The van der Waals surface area contributed by atoms with Crippen molar-refractivity contribution in [2.75, 3.05) is 54.0 Å². The van der Waals surface area contributed by atoms with Crippen LogP contribution in [0.3, 0.4) is 0 Å². The molecule has 1 aromatic carbocycles. The zero-order valence-corrected chi connectivity index (χ0v) is 14.9. The summed E-state index contributed by atoms with van der Waals surface area (Å²) < 4.78 is 10.6. The van der Waals surface area contributed by atoms with Crippen LogP contribution in [0.25, 0.3) is 0 Å². The van der Waals surface area contributed by atoms with Gasteiger partial charge in [0.1, 0.15) is 0 Å².